The molecule has 1 aromatic heterocycles. The number of aryl methyl sites for hydroxylation is 2. The van der Waals surface area contributed by atoms with Crippen LogP contribution in [-0.2, 0) is 11.2 Å². The van der Waals surface area contributed by atoms with Crippen LogP contribution in [0.4, 0.5) is 5.69 Å². The number of anilines is 1. The van der Waals surface area contributed by atoms with E-state index in [0.717, 1.165) is 49.2 Å². The van der Waals surface area contributed by atoms with Crippen molar-refractivity contribution in [1.29, 1.82) is 0 Å². The molecule has 1 atom stereocenters. The zero-order chi connectivity index (χ0) is 18.5. The molecule has 0 saturated carbocycles. The van der Waals surface area contributed by atoms with Gasteiger partial charge in [0.1, 0.15) is 0 Å². The van der Waals surface area contributed by atoms with Crippen molar-refractivity contribution < 1.29 is 9.32 Å². The maximum absolute atomic E-state index is 12.5. The van der Waals surface area contributed by atoms with Gasteiger partial charge in [0, 0.05) is 24.1 Å². The van der Waals surface area contributed by atoms with Crippen molar-refractivity contribution in [3.8, 4) is 11.5 Å². The third-order valence-corrected chi connectivity index (χ3v) is 5.24. The molecule has 2 N–H and O–H groups in total. The summed E-state index contributed by atoms with van der Waals surface area (Å²) in [5.41, 5.74) is 2.65. The van der Waals surface area contributed by atoms with Crippen LogP contribution in [0.1, 0.15) is 44.5 Å². The minimum absolute atomic E-state index is 0. The Morgan fingerprint density at radius 1 is 1.37 bits per heavy atom. The molecular formula is C20H29ClN4O2. The molecule has 2 aromatic rings. The Balaban J connectivity index is 0.00000261. The van der Waals surface area contributed by atoms with Crippen molar-refractivity contribution >= 4 is 24.0 Å². The maximum atomic E-state index is 12.5. The van der Waals surface area contributed by atoms with Crippen molar-refractivity contribution in [2.24, 2.45) is 11.8 Å². The molecule has 2 heterocycles. The van der Waals surface area contributed by atoms with Gasteiger partial charge < -0.3 is 15.2 Å². The number of amides is 1. The molecular weight excluding hydrogens is 364 g/mol. The molecule has 1 aliphatic rings. The Kier molecular flexibility index (Phi) is 7.80. The fraction of sp³-hybridized carbons (Fsp3) is 0.550. The van der Waals surface area contributed by atoms with E-state index in [4.69, 9.17) is 4.52 Å². The van der Waals surface area contributed by atoms with E-state index in [1.165, 1.54) is 0 Å². The van der Waals surface area contributed by atoms with Crippen LogP contribution in [-0.4, -0.2) is 29.1 Å². The Morgan fingerprint density at radius 3 is 2.78 bits per heavy atom. The van der Waals surface area contributed by atoms with Crippen LogP contribution in [0.15, 0.2) is 22.7 Å². The number of carbonyl (C=O) groups is 1. The van der Waals surface area contributed by atoms with E-state index in [1.54, 1.807) is 0 Å². The van der Waals surface area contributed by atoms with Crippen molar-refractivity contribution in [2.45, 2.75) is 46.5 Å². The van der Waals surface area contributed by atoms with E-state index in [2.05, 4.69) is 27.7 Å². The second-order valence-electron chi connectivity index (χ2n) is 7.22. The van der Waals surface area contributed by atoms with E-state index >= 15 is 0 Å². The van der Waals surface area contributed by atoms with Crippen LogP contribution >= 0.6 is 12.4 Å². The highest BCUT2D eigenvalue weighted by Gasteiger charge is 2.22. The number of rotatable bonds is 6. The molecule has 1 aliphatic heterocycles. The maximum Gasteiger partial charge on any atom is 0.257 e. The molecule has 148 valence electrons. The van der Waals surface area contributed by atoms with Gasteiger partial charge in [-0.15, -0.1) is 12.4 Å². The Hall–Kier alpha value is -1.92. The van der Waals surface area contributed by atoms with Crippen molar-refractivity contribution in [1.82, 2.24) is 15.5 Å². The zero-order valence-corrected chi connectivity index (χ0v) is 17.1. The molecule has 3 rings (SSSR count). The highest BCUT2D eigenvalue weighted by Crippen LogP contribution is 2.27. The van der Waals surface area contributed by atoms with Gasteiger partial charge in [0.15, 0.2) is 5.82 Å². The normalized spacial score (nSPS) is 15.8. The Bertz CT molecular complexity index is 756. The zero-order valence-electron chi connectivity index (χ0n) is 16.2. The molecule has 0 bridgehead atoms. The number of nitrogens with one attached hydrogen (secondary N) is 2. The summed E-state index contributed by atoms with van der Waals surface area (Å²) in [5.74, 6) is 2.25. The first-order valence-corrected chi connectivity index (χ1v) is 9.51. The first-order valence-electron chi connectivity index (χ1n) is 9.51. The van der Waals surface area contributed by atoms with Gasteiger partial charge in [0.05, 0.1) is 0 Å². The third-order valence-electron chi connectivity index (χ3n) is 5.24. The van der Waals surface area contributed by atoms with Crippen LogP contribution in [0.5, 0.6) is 0 Å². The number of nitrogens with zero attached hydrogens (tertiary/aromatic N) is 2. The minimum Gasteiger partial charge on any atom is -0.334 e. The average Bonchev–Trinajstić information content (AvgIpc) is 3.13. The quantitative estimate of drug-likeness (QED) is 0.776. The molecule has 0 aliphatic carbocycles. The molecule has 27 heavy (non-hydrogen) atoms. The second-order valence-corrected chi connectivity index (χ2v) is 7.22. The van der Waals surface area contributed by atoms with Gasteiger partial charge in [0.2, 0.25) is 5.91 Å². The van der Waals surface area contributed by atoms with E-state index < -0.39 is 0 Å². The fourth-order valence-electron chi connectivity index (χ4n) is 3.48. The van der Waals surface area contributed by atoms with Crippen molar-refractivity contribution in [3.05, 3.63) is 29.6 Å². The lowest BCUT2D eigenvalue weighted by Gasteiger charge is -2.28. The number of aromatic nitrogens is 2. The topological polar surface area (TPSA) is 80.0 Å². The van der Waals surface area contributed by atoms with Crippen LogP contribution in [0.2, 0.25) is 0 Å². The number of carbonyl (C=O) groups excluding carboxylic acids is 1. The smallest absolute Gasteiger partial charge is 0.257 e. The summed E-state index contributed by atoms with van der Waals surface area (Å²) in [6.45, 7) is 8.27. The molecule has 1 fully saturated rings. The monoisotopic (exact) mass is 392 g/mol. The molecule has 0 spiro atoms. The summed E-state index contributed by atoms with van der Waals surface area (Å²) in [6, 6.07) is 5.82. The fourth-order valence-corrected chi connectivity index (χ4v) is 3.48. The number of hydrogen-bond acceptors (Lipinski definition) is 5. The molecule has 6 nitrogen and oxygen atoms in total. The van der Waals surface area contributed by atoms with Gasteiger partial charge in [-0.05, 0) is 62.4 Å². The number of halogens is 1. The average molecular weight is 393 g/mol. The van der Waals surface area contributed by atoms with Gasteiger partial charge in [-0.3, -0.25) is 4.79 Å². The van der Waals surface area contributed by atoms with Crippen LogP contribution < -0.4 is 10.6 Å². The largest absolute Gasteiger partial charge is 0.334 e. The van der Waals surface area contributed by atoms with E-state index in [9.17, 15) is 4.79 Å². The second kappa shape index (κ2) is 9.85. The highest BCUT2D eigenvalue weighted by atomic mass is 35.5. The summed E-state index contributed by atoms with van der Waals surface area (Å²) in [4.78, 5) is 16.9. The summed E-state index contributed by atoms with van der Waals surface area (Å²) in [6.07, 6.45) is 3.59. The first kappa shape index (κ1) is 21.4. The van der Waals surface area contributed by atoms with E-state index in [-0.39, 0.29) is 18.3 Å². The van der Waals surface area contributed by atoms with Gasteiger partial charge in [-0.2, -0.15) is 4.98 Å². The van der Waals surface area contributed by atoms with Gasteiger partial charge in [0.25, 0.3) is 5.89 Å². The van der Waals surface area contributed by atoms with Crippen LogP contribution in [0, 0.1) is 18.8 Å². The van der Waals surface area contributed by atoms with Crippen molar-refractivity contribution in [2.75, 3.05) is 18.4 Å². The molecule has 1 saturated heterocycles. The van der Waals surface area contributed by atoms with Gasteiger partial charge >= 0.3 is 0 Å². The molecule has 1 amide bonds. The van der Waals surface area contributed by atoms with Gasteiger partial charge in [-0.1, -0.05) is 25.1 Å². The highest BCUT2D eigenvalue weighted by molar-refractivity contribution is 5.92. The van der Waals surface area contributed by atoms with E-state index in [0.29, 0.717) is 30.0 Å². The lowest BCUT2D eigenvalue weighted by Crippen LogP contribution is -2.32. The summed E-state index contributed by atoms with van der Waals surface area (Å²) < 4.78 is 5.31. The predicted octanol–water partition coefficient (Wildman–Crippen LogP) is 3.99. The Morgan fingerprint density at radius 2 is 2.11 bits per heavy atom. The number of hydrogen-bond donors (Lipinski definition) is 2. The molecule has 7 heteroatoms. The predicted molar refractivity (Wildman–Crippen MR) is 109 cm³/mol. The Labute approximate surface area is 166 Å². The summed E-state index contributed by atoms with van der Waals surface area (Å²) in [5, 5.41) is 10.4. The van der Waals surface area contributed by atoms with E-state index in [1.807, 2.05) is 32.0 Å². The summed E-state index contributed by atoms with van der Waals surface area (Å²) >= 11 is 0. The standard InChI is InChI=1S/C20H28N4O2.ClH/c1-4-18-23-20(26-24-18)16-6-5-13(2)17(12-16)22-19(25)11-14(3)15-7-9-21-10-8-15;/h5-6,12,14-15,21H,4,7-11H2,1-3H3,(H,22,25);1H. The minimum atomic E-state index is 0. The SMILES string of the molecule is CCc1noc(-c2ccc(C)c(NC(=O)CC(C)C3CCNCC3)c2)n1.Cl. The van der Waals surface area contributed by atoms with Crippen molar-refractivity contribution in [3.63, 3.8) is 0 Å². The molecule has 1 aromatic carbocycles. The molecule has 1 unspecified atom stereocenters. The number of piperidine rings is 1. The number of benzene rings is 1. The van der Waals surface area contributed by atoms with Crippen LogP contribution in [0.25, 0.3) is 11.5 Å². The lowest BCUT2D eigenvalue weighted by molar-refractivity contribution is -0.117. The van der Waals surface area contributed by atoms with Gasteiger partial charge in [-0.25, -0.2) is 0 Å². The summed E-state index contributed by atoms with van der Waals surface area (Å²) in [7, 11) is 0. The lowest BCUT2D eigenvalue weighted by atomic mass is 9.84. The van der Waals surface area contributed by atoms with Crippen LogP contribution in [0.3, 0.4) is 0 Å². The first-order chi connectivity index (χ1) is 12.6. The third kappa shape index (κ3) is 5.53. The molecule has 0 radical (unpaired) electrons.